The fourth-order valence-corrected chi connectivity index (χ4v) is 3.35. The second-order valence-corrected chi connectivity index (χ2v) is 7.18. The van der Waals surface area contributed by atoms with Gasteiger partial charge in [-0.25, -0.2) is 8.42 Å². The number of carbonyl (C=O) groups is 1. The molecule has 3 aromatic rings. The van der Waals surface area contributed by atoms with Gasteiger partial charge in [-0.1, -0.05) is 18.2 Å². The van der Waals surface area contributed by atoms with E-state index in [0.717, 1.165) is 0 Å². The molecule has 1 amide bonds. The van der Waals surface area contributed by atoms with Crippen molar-refractivity contribution in [2.45, 2.75) is 4.90 Å². The Hall–Kier alpha value is -3.39. The van der Waals surface area contributed by atoms with Crippen molar-refractivity contribution in [3.63, 3.8) is 0 Å². The summed E-state index contributed by atoms with van der Waals surface area (Å²) in [5.41, 5.74) is 0.647. The number of anilines is 1. The number of nitrogens with zero attached hydrogens (tertiary/aromatic N) is 1. The van der Waals surface area contributed by atoms with Crippen LogP contribution in [0.5, 0.6) is 11.5 Å². The zero-order valence-electron chi connectivity index (χ0n) is 14.4. The summed E-state index contributed by atoms with van der Waals surface area (Å²) in [5.74, 6) is 0.624. The largest absolute Gasteiger partial charge is 0.457 e. The highest BCUT2D eigenvalue weighted by atomic mass is 32.2. The molecule has 0 aliphatic rings. The van der Waals surface area contributed by atoms with Crippen LogP contribution in [0.2, 0.25) is 0 Å². The van der Waals surface area contributed by atoms with Gasteiger partial charge in [-0.05, 0) is 42.5 Å². The number of aromatic nitrogens is 1. The van der Waals surface area contributed by atoms with Crippen LogP contribution in [0, 0.1) is 0 Å². The maximum Gasteiger partial charge on any atom is 0.269 e. The Morgan fingerprint density at radius 2 is 1.67 bits per heavy atom. The van der Waals surface area contributed by atoms with E-state index in [1.54, 1.807) is 48.5 Å². The van der Waals surface area contributed by atoms with Crippen LogP contribution in [0.4, 0.5) is 5.69 Å². The highest BCUT2D eigenvalue weighted by molar-refractivity contribution is 7.92. The number of nitrogens with one attached hydrogen (secondary N) is 2. The summed E-state index contributed by atoms with van der Waals surface area (Å²) in [5, 5.41) is 2.49. The SMILES string of the molecule is CNC(=O)c1cc(Oc2ccc(NS(=O)(=O)c3ccccc3)cc2)ccn1. The van der Waals surface area contributed by atoms with Gasteiger partial charge in [-0.2, -0.15) is 0 Å². The number of amides is 1. The van der Waals surface area contributed by atoms with Gasteiger partial charge in [0.1, 0.15) is 17.2 Å². The topological polar surface area (TPSA) is 97.4 Å². The molecule has 138 valence electrons. The second-order valence-electron chi connectivity index (χ2n) is 5.50. The molecule has 7 nitrogen and oxygen atoms in total. The van der Waals surface area contributed by atoms with Gasteiger partial charge in [-0.15, -0.1) is 0 Å². The van der Waals surface area contributed by atoms with Gasteiger partial charge in [0.2, 0.25) is 0 Å². The fraction of sp³-hybridized carbons (Fsp3) is 0.0526. The third kappa shape index (κ3) is 4.62. The van der Waals surface area contributed by atoms with E-state index in [9.17, 15) is 13.2 Å². The van der Waals surface area contributed by atoms with Crippen LogP contribution in [0.25, 0.3) is 0 Å². The molecule has 0 aliphatic heterocycles. The monoisotopic (exact) mass is 383 g/mol. The molecule has 8 heteroatoms. The number of hydrogen-bond acceptors (Lipinski definition) is 5. The van der Waals surface area contributed by atoms with Crippen molar-refractivity contribution in [3.8, 4) is 11.5 Å². The van der Waals surface area contributed by atoms with Gasteiger partial charge in [-0.3, -0.25) is 14.5 Å². The van der Waals surface area contributed by atoms with Crippen LogP contribution in [0.1, 0.15) is 10.5 Å². The molecular formula is C19H17N3O4S. The van der Waals surface area contributed by atoms with Crippen LogP contribution in [-0.2, 0) is 10.0 Å². The fourth-order valence-electron chi connectivity index (χ4n) is 2.27. The van der Waals surface area contributed by atoms with Crippen molar-refractivity contribution < 1.29 is 17.9 Å². The van der Waals surface area contributed by atoms with Crippen LogP contribution in [-0.4, -0.2) is 26.4 Å². The van der Waals surface area contributed by atoms with Crippen molar-refractivity contribution in [2.24, 2.45) is 0 Å². The number of carbonyl (C=O) groups excluding carboxylic acids is 1. The number of ether oxygens (including phenoxy) is 1. The van der Waals surface area contributed by atoms with Crippen molar-refractivity contribution in [2.75, 3.05) is 11.8 Å². The molecule has 2 N–H and O–H groups in total. The number of sulfonamides is 1. The molecule has 0 saturated heterocycles. The minimum atomic E-state index is -3.65. The van der Waals surface area contributed by atoms with E-state index in [1.165, 1.54) is 31.4 Å². The molecule has 0 radical (unpaired) electrons. The normalized spacial score (nSPS) is 10.9. The van der Waals surface area contributed by atoms with Crippen LogP contribution in [0.3, 0.4) is 0 Å². The summed E-state index contributed by atoms with van der Waals surface area (Å²) in [6.07, 6.45) is 1.47. The summed E-state index contributed by atoms with van der Waals surface area (Å²) in [6, 6.07) is 17.7. The van der Waals surface area contributed by atoms with E-state index >= 15 is 0 Å². The zero-order valence-corrected chi connectivity index (χ0v) is 15.2. The van der Waals surface area contributed by atoms with E-state index in [2.05, 4.69) is 15.0 Å². The van der Waals surface area contributed by atoms with Crippen LogP contribution >= 0.6 is 0 Å². The quantitative estimate of drug-likeness (QED) is 0.682. The average molecular weight is 383 g/mol. The van der Waals surface area contributed by atoms with Gasteiger partial charge < -0.3 is 10.1 Å². The predicted molar refractivity (Wildman–Crippen MR) is 101 cm³/mol. The Bertz CT molecular complexity index is 1040. The molecule has 1 heterocycles. The summed E-state index contributed by atoms with van der Waals surface area (Å²) >= 11 is 0. The molecule has 27 heavy (non-hydrogen) atoms. The molecule has 0 fully saturated rings. The molecule has 2 aromatic carbocycles. The van der Waals surface area contributed by atoms with Gasteiger partial charge in [0.25, 0.3) is 15.9 Å². The first-order valence-electron chi connectivity index (χ1n) is 8.02. The molecule has 0 unspecified atom stereocenters. The Labute approximate surface area is 157 Å². The van der Waals surface area contributed by atoms with Crippen molar-refractivity contribution in [1.29, 1.82) is 0 Å². The summed E-state index contributed by atoms with van der Waals surface area (Å²) in [4.78, 5) is 15.8. The standard InChI is InChI=1S/C19H17N3O4S/c1-20-19(23)18-13-16(11-12-21-18)26-15-9-7-14(8-10-15)22-27(24,25)17-5-3-2-4-6-17/h2-13,22H,1H3,(H,20,23). The molecule has 0 aliphatic carbocycles. The van der Waals surface area contributed by atoms with Crippen molar-refractivity contribution in [3.05, 3.63) is 78.6 Å². The maximum atomic E-state index is 12.3. The molecule has 0 bridgehead atoms. The molecular weight excluding hydrogens is 366 g/mol. The van der Waals surface area contributed by atoms with Gasteiger partial charge in [0, 0.05) is 25.0 Å². The first-order chi connectivity index (χ1) is 13.0. The lowest BCUT2D eigenvalue weighted by atomic mass is 10.3. The molecule has 0 atom stereocenters. The summed E-state index contributed by atoms with van der Waals surface area (Å²) in [7, 11) is -2.13. The highest BCUT2D eigenvalue weighted by Crippen LogP contribution is 2.24. The maximum absolute atomic E-state index is 12.3. The molecule has 1 aromatic heterocycles. The lowest BCUT2D eigenvalue weighted by Crippen LogP contribution is -2.18. The minimum Gasteiger partial charge on any atom is -0.457 e. The lowest BCUT2D eigenvalue weighted by Gasteiger charge is -2.10. The van der Waals surface area contributed by atoms with Crippen molar-refractivity contribution >= 4 is 21.6 Å². The van der Waals surface area contributed by atoms with Gasteiger partial charge in [0.05, 0.1) is 4.90 Å². The van der Waals surface area contributed by atoms with Crippen LogP contribution < -0.4 is 14.8 Å². The van der Waals surface area contributed by atoms with E-state index in [4.69, 9.17) is 4.74 Å². The Balaban J connectivity index is 1.72. The predicted octanol–water partition coefficient (Wildman–Crippen LogP) is 3.03. The average Bonchev–Trinajstić information content (AvgIpc) is 2.69. The van der Waals surface area contributed by atoms with Crippen molar-refractivity contribution in [1.82, 2.24) is 10.3 Å². The first-order valence-corrected chi connectivity index (χ1v) is 9.50. The lowest BCUT2D eigenvalue weighted by molar-refractivity contribution is 0.0958. The van der Waals surface area contributed by atoms with E-state index < -0.39 is 10.0 Å². The smallest absolute Gasteiger partial charge is 0.269 e. The number of benzene rings is 2. The van der Waals surface area contributed by atoms with Gasteiger partial charge in [0.15, 0.2) is 0 Å². The number of pyridine rings is 1. The highest BCUT2D eigenvalue weighted by Gasteiger charge is 2.13. The van der Waals surface area contributed by atoms with Crippen LogP contribution in [0.15, 0.2) is 77.8 Å². The number of rotatable bonds is 6. The molecule has 3 rings (SSSR count). The van der Waals surface area contributed by atoms with E-state index in [1.807, 2.05) is 0 Å². The minimum absolute atomic E-state index is 0.184. The molecule has 0 spiro atoms. The number of hydrogen-bond donors (Lipinski definition) is 2. The summed E-state index contributed by atoms with van der Waals surface area (Å²) < 4.78 is 32.8. The Morgan fingerprint density at radius 1 is 0.963 bits per heavy atom. The summed E-state index contributed by atoms with van der Waals surface area (Å²) in [6.45, 7) is 0. The third-order valence-electron chi connectivity index (χ3n) is 3.59. The van der Waals surface area contributed by atoms with Gasteiger partial charge >= 0.3 is 0 Å². The zero-order chi connectivity index (χ0) is 19.3. The molecule has 0 saturated carbocycles. The Kier molecular flexibility index (Phi) is 5.37. The third-order valence-corrected chi connectivity index (χ3v) is 4.98. The second kappa shape index (κ2) is 7.88. The van der Waals surface area contributed by atoms with E-state index in [0.29, 0.717) is 17.2 Å². The Morgan fingerprint density at radius 3 is 2.33 bits per heavy atom. The first kappa shape index (κ1) is 18.4. The van der Waals surface area contributed by atoms with E-state index in [-0.39, 0.29) is 16.5 Å².